The van der Waals surface area contributed by atoms with Crippen molar-refractivity contribution in [2.75, 3.05) is 20.2 Å². The van der Waals surface area contributed by atoms with Crippen molar-refractivity contribution in [3.8, 4) is 0 Å². The van der Waals surface area contributed by atoms with Crippen molar-refractivity contribution in [2.45, 2.75) is 25.8 Å². The van der Waals surface area contributed by atoms with Crippen LogP contribution in [0.4, 0.5) is 0 Å². The zero-order chi connectivity index (χ0) is 13.7. The lowest BCUT2D eigenvalue weighted by atomic mass is 10.2. The van der Waals surface area contributed by atoms with Crippen molar-refractivity contribution in [2.24, 2.45) is 7.05 Å². The molecule has 2 aromatic rings. The number of rotatable bonds is 7. The first-order valence-corrected chi connectivity index (χ1v) is 6.92. The molecule has 0 bridgehead atoms. The number of nitrogens with zero attached hydrogens (tertiary/aromatic N) is 3. The van der Waals surface area contributed by atoms with E-state index in [4.69, 9.17) is 5.11 Å². The number of unbranched alkanes of at least 4 members (excludes halogenated alkanes) is 2. The SMILES string of the molecule is CN(CCCCCO)Cc1nn(C)c2ccccc12. The Labute approximate surface area is 114 Å². The van der Waals surface area contributed by atoms with Crippen molar-refractivity contribution < 1.29 is 5.11 Å². The Hall–Kier alpha value is -1.39. The van der Waals surface area contributed by atoms with Crippen LogP contribution in [0.1, 0.15) is 25.0 Å². The molecule has 4 nitrogen and oxygen atoms in total. The van der Waals surface area contributed by atoms with E-state index in [9.17, 15) is 0 Å². The van der Waals surface area contributed by atoms with Crippen LogP contribution in [0.5, 0.6) is 0 Å². The van der Waals surface area contributed by atoms with E-state index in [0.717, 1.165) is 38.0 Å². The molecule has 0 aliphatic heterocycles. The van der Waals surface area contributed by atoms with Gasteiger partial charge >= 0.3 is 0 Å². The second kappa shape index (κ2) is 6.68. The van der Waals surface area contributed by atoms with Crippen LogP contribution in [-0.2, 0) is 13.6 Å². The highest BCUT2D eigenvalue weighted by Crippen LogP contribution is 2.18. The van der Waals surface area contributed by atoms with Gasteiger partial charge in [0, 0.05) is 25.6 Å². The fourth-order valence-electron chi connectivity index (χ4n) is 2.41. The van der Waals surface area contributed by atoms with E-state index in [-0.39, 0.29) is 0 Å². The van der Waals surface area contributed by atoms with Gasteiger partial charge in [0.25, 0.3) is 0 Å². The standard InChI is InChI=1S/C15H23N3O/c1-17(10-6-3-7-11-19)12-14-13-8-4-5-9-15(13)18(2)16-14/h4-5,8-9,19H,3,6-7,10-12H2,1-2H3. The van der Waals surface area contributed by atoms with Gasteiger partial charge in [0.05, 0.1) is 11.2 Å². The summed E-state index contributed by atoms with van der Waals surface area (Å²) in [5.41, 5.74) is 2.33. The summed E-state index contributed by atoms with van der Waals surface area (Å²) in [6.45, 7) is 2.22. The van der Waals surface area contributed by atoms with Crippen LogP contribution in [0.3, 0.4) is 0 Å². The van der Waals surface area contributed by atoms with Gasteiger partial charge in [0.15, 0.2) is 0 Å². The summed E-state index contributed by atoms with van der Waals surface area (Å²) in [6.07, 6.45) is 3.12. The van der Waals surface area contributed by atoms with Gasteiger partial charge in [-0.15, -0.1) is 0 Å². The molecule has 1 N–H and O–H groups in total. The van der Waals surface area contributed by atoms with E-state index in [2.05, 4.69) is 35.2 Å². The molecule has 0 aliphatic rings. The average molecular weight is 261 g/mol. The topological polar surface area (TPSA) is 41.3 Å². The Morgan fingerprint density at radius 3 is 2.79 bits per heavy atom. The molecule has 0 aliphatic carbocycles. The van der Waals surface area contributed by atoms with Gasteiger partial charge in [-0.3, -0.25) is 4.68 Å². The minimum Gasteiger partial charge on any atom is -0.396 e. The Balaban J connectivity index is 1.97. The lowest BCUT2D eigenvalue weighted by Crippen LogP contribution is -2.19. The van der Waals surface area contributed by atoms with Crippen molar-refractivity contribution in [3.05, 3.63) is 30.0 Å². The van der Waals surface area contributed by atoms with Crippen LogP contribution in [0, 0.1) is 0 Å². The number of aryl methyl sites for hydroxylation is 1. The monoisotopic (exact) mass is 261 g/mol. The van der Waals surface area contributed by atoms with Crippen molar-refractivity contribution >= 4 is 10.9 Å². The van der Waals surface area contributed by atoms with Crippen molar-refractivity contribution in [3.63, 3.8) is 0 Å². The van der Waals surface area contributed by atoms with E-state index in [1.807, 2.05) is 17.8 Å². The molecule has 1 heterocycles. The molecule has 0 atom stereocenters. The first kappa shape index (κ1) is 14.0. The summed E-state index contributed by atoms with van der Waals surface area (Å²) in [6, 6.07) is 8.35. The highest BCUT2D eigenvalue weighted by Gasteiger charge is 2.09. The number of benzene rings is 1. The molecule has 0 saturated carbocycles. The summed E-state index contributed by atoms with van der Waals surface area (Å²) in [5, 5.41) is 14.6. The lowest BCUT2D eigenvalue weighted by Gasteiger charge is -2.15. The zero-order valence-electron chi connectivity index (χ0n) is 11.8. The molecule has 0 amide bonds. The van der Waals surface area contributed by atoms with E-state index in [1.54, 1.807) is 0 Å². The van der Waals surface area contributed by atoms with E-state index >= 15 is 0 Å². The highest BCUT2D eigenvalue weighted by molar-refractivity contribution is 5.81. The zero-order valence-corrected chi connectivity index (χ0v) is 11.8. The van der Waals surface area contributed by atoms with Crippen molar-refractivity contribution in [1.82, 2.24) is 14.7 Å². The predicted molar refractivity (Wildman–Crippen MR) is 78.0 cm³/mol. The first-order chi connectivity index (χ1) is 9.22. The minimum absolute atomic E-state index is 0.300. The molecule has 2 rings (SSSR count). The molecule has 0 spiro atoms. The maximum Gasteiger partial charge on any atom is 0.0843 e. The fourth-order valence-corrected chi connectivity index (χ4v) is 2.41. The van der Waals surface area contributed by atoms with Crippen LogP contribution in [-0.4, -0.2) is 40.0 Å². The van der Waals surface area contributed by atoms with Gasteiger partial charge < -0.3 is 10.0 Å². The van der Waals surface area contributed by atoms with E-state index in [0.29, 0.717) is 6.61 Å². The number of aliphatic hydroxyl groups excluding tert-OH is 1. The molecule has 4 heteroatoms. The summed E-state index contributed by atoms with van der Waals surface area (Å²) in [5.74, 6) is 0. The first-order valence-electron chi connectivity index (χ1n) is 6.92. The smallest absolute Gasteiger partial charge is 0.0843 e. The molecule has 104 valence electrons. The molecule has 19 heavy (non-hydrogen) atoms. The molecule has 1 aromatic carbocycles. The van der Waals surface area contributed by atoms with E-state index in [1.165, 1.54) is 10.9 Å². The average Bonchev–Trinajstić information content (AvgIpc) is 2.72. The molecule has 0 saturated heterocycles. The molecule has 1 aromatic heterocycles. The van der Waals surface area contributed by atoms with Gasteiger partial charge in [0.1, 0.15) is 0 Å². The number of aliphatic hydroxyl groups is 1. The van der Waals surface area contributed by atoms with Gasteiger partial charge in [0.2, 0.25) is 0 Å². The molecule has 0 radical (unpaired) electrons. The summed E-state index contributed by atoms with van der Waals surface area (Å²) >= 11 is 0. The maximum atomic E-state index is 8.76. The molecular formula is C15H23N3O. The summed E-state index contributed by atoms with van der Waals surface area (Å²) in [7, 11) is 4.12. The third-order valence-electron chi connectivity index (χ3n) is 3.45. The quantitative estimate of drug-likeness (QED) is 0.777. The minimum atomic E-state index is 0.300. The van der Waals surface area contributed by atoms with Crippen LogP contribution in [0.25, 0.3) is 10.9 Å². The highest BCUT2D eigenvalue weighted by atomic mass is 16.2. The number of aromatic nitrogens is 2. The Kier molecular flexibility index (Phi) is 4.93. The number of fused-ring (bicyclic) bond motifs is 1. The predicted octanol–water partition coefficient (Wildman–Crippen LogP) is 2.17. The van der Waals surface area contributed by atoms with Crippen molar-refractivity contribution in [1.29, 1.82) is 0 Å². The summed E-state index contributed by atoms with van der Waals surface area (Å²) < 4.78 is 1.95. The third kappa shape index (κ3) is 3.55. The van der Waals surface area contributed by atoms with Gasteiger partial charge in [-0.25, -0.2) is 0 Å². The normalized spacial score (nSPS) is 11.6. The molecular weight excluding hydrogens is 238 g/mol. The lowest BCUT2D eigenvalue weighted by molar-refractivity contribution is 0.270. The second-order valence-corrected chi connectivity index (χ2v) is 5.11. The van der Waals surface area contributed by atoms with Crippen LogP contribution in [0.15, 0.2) is 24.3 Å². The van der Waals surface area contributed by atoms with E-state index < -0.39 is 0 Å². The number of hydrogen-bond acceptors (Lipinski definition) is 3. The van der Waals surface area contributed by atoms with Gasteiger partial charge in [-0.2, -0.15) is 5.10 Å². The number of para-hydroxylation sites is 1. The Morgan fingerprint density at radius 2 is 2.00 bits per heavy atom. The van der Waals surface area contributed by atoms with Crippen LogP contribution < -0.4 is 0 Å². The third-order valence-corrected chi connectivity index (χ3v) is 3.45. The van der Waals surface area contributed by atoms with Gasteiger partial charge in [-0.05, 0) is 38.9 Å². The Bertz CT molecular complexity index is 521. The molecule has 0 fully saturated rings. The molecule has 0 unspecified atom stereocenters. The van der Waals surface area contributed by atoms with Gasteiger partial charge in [-0.1, -0.05) is 18.2 Å². The maximum absolute atomic E-state index is 8.76. The number of hydrogen-bond donors (Lipinski definition) is 1. The summed E-state index contributed by atoms with van der Waals surface area (Å²) in [4.78, 5) is 2.30. The van der Waals surface area contributed by atoms with Crippen LogP contribution >= 0.6 is 0 Å². The second-order valence-electron chi connectivity index (χ2n) is 5.11. The Morgan fingerprint density at radius 1 is 1.21 bits per heavy atom. The largest absolute Gasteiger partial charge is 0.396 e. The van der Waals surface area contributed by atoms with Crippen LogP contribution in [0.2, 0.25) is 0 Å². The fraction of sp³-hybridized carbons (Fsp3) is 0.533.